The van der Waals surface area contributed by atoms with Gasteiger partial charge in [0, 0.05) is 6.42 Å². The predicted octanol–water partition coefficient (Wildman–Crippen LogP) is 2.61. The topological polar surface area (TPSA) is 46.5 Å². The third-order valence-corrected chi connectivity index (χ3v) is 2.48. The molecule has 5 heteroatoms. The van der Waals surface area contributed by atoms with Crippen molar-refractivity contribution in [2.45, 2.75) is 12.8 Å². The van der Waals surface area contributed by atoms with Gasteiger partial charge in [-0.25, -0.2) is 4.39 Å². The van der Waals surface area contributed by atoms with Crippen molar-refractivity contribution >= 4 is 21.9 Å². The van der Waals surface area contributed by atoms with Gasteiger partial charge in [0.05, 0.1) is 11.6 Å². The number of ether oxygens (including phenoxy) is 1. The molecule has 1 aromatic carbocycles. The summed E-state index contributed by atoms with van der Waals surface area (Å²) in [7, 11) is 1.37. The first kappa shape index (κ1) is 12.0. The standard InChI is InChI=1S/C10H10BrFO3/c1-15-8-5-6(2-3-9(13)14)4-7(11)10(8)12/h4-5H,2-3H2,1H3,(H,13,14). The van der Waals surface area contributed by atoms with Gasteiger partial charge in [0.2, 0.25) is 0 Å². The molecule has 0 fully saturated rings. The molecule has 0 aromatic heterocycles. The van der Waals surface area contributed by atoms with E-state index < -0.39 is 11.8 Å². The van der Waals surface area contributed by atoms with Gasteiger partial charge in [-0.05, 0) is 40.0 Å². The van der Waals surface area contributed by atoms with Crippen molar-refractivity contribution in [1.82, 2.24) is 0 Å². The van der Waals surface area contributed by atoms with Crippen molar-refractivity contribution in [3.63, 3.8) is 0 Å². The maximum absolute atomic E-state index is 13.3. The molecule has 15 heavy (non-hydrogen) atoms. The van der Waals surface area contributed by atoms with Crippen molar-refractivity contribution in [2.75, 3.05) is 7.11 Å². The summed E-state index contributed by atoms with van der Waals surface area (Å²) in [6.45, 7) is 0. The highest BCUT2D eigenvalue weighted by molar-refractivity contribution is 9.10. The molecule has 0 atom stereocenters. The number of aryl methyl sites for hydroxylation is 1. The van der Waals surface area contributed by atoms with E-state index >= 15 is 0 Å². The summed E-state index contributed by atoms with van der Waals surface area (Å²) in [6.07, 6.45) is 0.367. The number of hydrogen-bond donors (Lipinski definition) is 1. The fourth-order valence-corrected chi connectivity index (χ4v) is 1.65. The normalized spacial score (nSPS) is 10.1. The molecule has 0 saturated heterocycles. The van der Waals surface area contributed by atoms with E-state index in [1.807, 2.05) is 0 Å². The van der Waals surface area contributed by atoms with Crippen LogP contribution < -0.4 is 4.74 Å². The highest BCUT2D eigenvalue weighted by Crippen LogP contribution is 2.27. The number of halogens is 2. The van der Waals surface area contributed by atoms with Crippen LogP contribution in [0.3, 0.4) is 0 Å². The van der Waals surface area contributed by atoms with Crippen LogP contribution >= 0.6 is 15.9 Å². The molecular formula is C10H10BrFO3. The van der Waals surface area contributed by atoms with Gasteiger partial charge in [-0.2, -0.15) is 0 Å². The molecule has 0 aliphatic rings. The molecule has 0 aliphatic heterocycles. The lowest BCUT2D eigenvalue weighted by molar-refractivity contribution is -0.136. The number of carbonyl (C=O) groups is 1. The van der Waals surface area contributed by atoms with E-state index in [1.165, 1.54) is 13.2 Å². The number of rotatable bonds is 4. The summed E-state index contributed by atoms with van der Waals surface area (Å²) >= 11 is 3.04. The Labute approximate surface area is 95.0 Å². The average molecular weight is 277 g/mol. The van der Waals surface area contributed by atoms with Gasteiger partial charge >= 0.3 is 5.97 Å². The molecule has 1 rings (SSSR count). The largest absolute Gasteiger partial charge is 0.494 e. The van der Waals surface area contributed by atoms with Crippen LogP contribution in [0.5, 0.6) is 5.75 Å². The molecule has 0 aliphatic carbocycles. The Morgan fingerprint density at radius 1 is 1.60 bits per heavy atom. The molecule has 0 heterocycles. The van der Waals surface area contributed by atoms with E-state index in [2.05, 4.69) is 15.9 Å². The number of benzene rings is 1. The highest BCUT2D eigenvalue weighted by Gasteiger charge is 2.10. The second kappa shape index (κ2) is 5.11. The van der Waals surface area contributed by atoms with Gasteiger partial charge in [0.1, 0.15) is 0 Å². The van der Waals surface area contributed by atoms with Gasteiger partial charge in [-0.1, -0.05) is 0 Å². The minimum absolute atomic E-state index is 0.0151. The fourth-order valence-electron chi connectivity index (χ4n) is 1.16. The van der Waals surface area contributed by atoms with Gasteiger partial charge in [-0.3, -0.25) is 4.79 Å². The summed E-state index contributed by atoms with van der Waals surface area (Å²) in [6, 6.07) is 3.06. The predicted molar refractivity (Wildman–Crippen MR) is 56.6 cm³/mol. The lowest BCUT2D eigenvalue weighted by Crippen LogP contribution is -1.99. The molecule has 0 bridgehead atoms. The van der Waals surface area contributed by atoms with E-state index in [1.54, 1.807) is 6.07 Å². The lowest BCUT2D eigenvalue weighted by Gasteiger charge is -2.06. The van der Waals surface area contributed by atoms with E-state index in [4.69, 9.17) is 9.84 Å². The second-order valence-electron chi connectivity index (χ2n) is 2.99. The number of hydrogen-bond acceptors (Lipinski definition) is 2. The first-order chi connectivity index (χ1) is 7.04. The Morgan fingerprint density at radius 3 is 2.80 bits per heavy atom. The smallest absolute Gasteiger partial charge is 0.303 e. The zero-order valence-corrected chi connectivity index (χ0v) is 9.67. The highest BCUT2D eigenvalue weighted by atomic mass is 79.9. The maximum atomic E-state index is 13.3. The van der Waals surface area contributed by atoms with Crippen molar-refractivity contribution < 1.29 is 19.0 Å². The Kier molecular flexibility index (Phi) is 4.08. The quantitative estimate of drug-likeness (QED) is 0.920. The summed E-state index contributed by atoms with van der Waals surface area (Å²) in [4.78, 5) is 10.4. The van der Waals surface area contributed by atoms with Gasteiger partial charge in [0.25, 0.3) is 0 Å². The van der Waals surface area contributed by atoms with Crippen LogP contribution in [-0.2, 0) is 11.2 Å². The van der Waals surface area contributed by atoms with Crippen molar-refractivity contribution in [3.8, 4) is 5.75 Å². The number of aliphatic carboxylic acids is 1. The maximum Gasteiger partial charge on any atom is 0.303 e. The Hall–Kier alpha value is -1.10. The van der Waals surface area contributed by atoms with Crippen LogP contribution in [0.4, 0.5) is 4.39 Å². The van der Waals surface area contributed by atoms with Crippen LogP contribution in [0, 0.1) is 5.82 Å². The number of methoxy groups -OCH3 is 1. The monoisotopic (exact) mass is 276 g/mol. The van der Waals surface area contributed by atoms with E-state index in [9.17, 15) is 9.18 Å². The van der Waals surface area contributed by atoms with Crippen LogP contribution in [0.1, 0.15) is 12.0 Å². The van der Waals surface area contributed by atoms with E-state index in [0.29, 0.717) is 6.42 Å². The van der Waals surface area contributed by atoms with Crippen LogP contribution in [0.15, 0.2) is 16.6 Å². The summed E-state index contributed by atoms with van der Waals surface area (Å²) in [5.74, 6) is -1.24. The van der Waals surface area contributed by atoms with Gasteiger partial charge in [-0.15, -0.1) is 0 Å². The second-order valence-corrected chi connectivity index (χ2v) is 3.84. The molecule has 3 nitrogen and oxygen atoms in total. The molecule has 0 amide bonds. The van der Waals surface area contributed by atoms with Crippen LogP contribution in [0.2, 0.25) is 0 Å². The number of carboxylic acid groups (broad SMARTS) is 1. The Morgan fingerprint density at radius 2 is 2.27 bits per heavy atom. The van der Waals surface area contributed by atoms with Crippen LogP contribution in [0.25, 0.3) is 0 Å². The fraction of sp³-hybridized carbons (Fsp3) is 0.300. The van der Waals surface area contributed by atoms with E-state index in [0.717, 1.165) is 5.56 Å². The molecule has 1 aromatic rings. The third-order valence-electron chi connectivity index (χ3n) is 1.90. The molecule has 0 radical (unpaired) electrons. The van der Waals surface area contributed by atoms with Crippen LogP contribution in [-0.4, -0.2) is 18.2 Å². The molecule has 82 valence electrons. The summed E-state index contributed by atoms with van der Waals surface area (Å²) < 4.78 is 18.4. The first-order valence-corrected chi connectivity index (χ1v) is 5.07. The first-order valence-electron chi connectivity index (χ1n) is 4.28. The third kappa shape index (κ3) is 3.20. The van der Waals surface area contributed by atoms with Gasteiger partial charge in [0.15, 0.2) is 11.6 Å². The molecular weight excluding hydrogens is 267 g/mol. The average Bonchev–Trinajstić information content (AvgIpc) is 2.19. The Bertz CT molecular complexity index is 379. The molecule has 0 spiro atoms. The van der Waals surface area contributed by atoms with E-state index in [-0.39, 0.29) is 16.6 Å². The summed E-state index contributed by atoms with van der Waals surface area (Å²) in [5.41, 5.74) is 0.725. The minimum Gasteiger partial charge on any atom is -0.494 e. The van der Waals surface area contributed by atoms with Gasteiger partial charge < -0.3 is 9.84 Å². The lowest BCUT2D eigenvalue weighted by atomic mass is 10.1. The zero-order valence-electron chi connectivity index (χ0n) is 8.09. The Balaban J connectivity index is 2.90. The minimum atomic E-state index is -0.880. The number of carboxylic acids is 1. The molecule has 1 N–H and O–H groups in total. The molecule has 0 saturated carbocycles. The molecule has 0 unspecified atom stereocenters. The van der Waals surface area contributed by atoms with Crippen molar-refractivity contribution in [1.29, 1.82) is 0 Å². The van der Waals surface area contributed by atoms with Crippen molar-refractivity contribution in [2.24, 2.45) is 0 Å². The summed E-state index contributed by atoms with van der Waals surface area (Å²) in [5, 5.41) is 8.51. The SMILES string of the molecule is COc1cc(CCC(=O)O)cc(Br)c1F. The zero-order chi connectivity index (χ0) is 11.4. The van der Waals surface area contributed by atoms with Crippen molar-refractivity contribution in [3.05, 3.63) is 28.0 Å².